The van der Waals surface area contributed by atoms with Gasteiger partial charge in [-0.3, -0.25) is 9.59 Å². The molecule has 0 aromatic heterocycles. The summed E-state index contributed by atoms with van der Waals surface area (Å²) in [6, 6.07) is 25.6. The Morgan fingerprint density at radius 1 is 0.949 bits per heavy atom. The Labute approximate surface area is 229 Å². The van der Waals surface area contributed by atoms with E-state index in [0.717, 1.165) is 19.4 Å². The molecule has 7 atom stereocenters. The lowest BCUT2D eigenvalue weighted by molar-refractivity contribution is -0.143. The Morgan fingerprint density at radius 3 is 2.46 bits per heavy atom. The first kappa shape index (κ1) is 25.6. The van der Waals surface area contributed by atoms with Gasteiger partial charge < -0.3 is 10.2 Å². The van der Waals surface area contributed by atoms with Crippen LogP contribution in [0.15, 0.2) is 90.1 Å². The van der Waals surface area contributed by atoms with E-state index in [9.17, 15) is 14.5 Å². The summed E-state index contributed by atoms with van der Waals surface area (Å²) in [6.45, 7) is 4.25. The topological polar surface area (TPSA) is 78.8 Å². The Kier molecular flexibility index (Phi) is 7.13. The molecule has 39 heavy (non-hydrogen) atoms. The van der Waals surface area contributed by atoms with Crippen LogP contribution in [-0.4, -0.2) is 36.3 Å². The third kappa shape index (κ3) is 4.82. The highest BCUT2D eigenvalue weighted by Gasteiger charge is 2.53. The third-order valence-electron chi connectivity index (χ3n) is 9.37. The van der Waals surface area contributed by atoms with Crippen molar-refractivity contribution in [2.24, 2.45) is 34.8 Å². The van der Waals surface area contributed by atoms with Crippen LogP contribution in [0.25, 0.3) is 10.8 Å². The van der Waals surface area contributed by atoms with Gasteiger partial charge in [-0.15, -0.1) is 4.91 Å². The van der Waals surface area contributed by atoms with E-state index < -0.39 is 17.7 Å². The molecule has 2 aliphatic carbocycles. The van der Waals surface area contributed by atoms with Gasteiger partial charge in [0.25, 0.3) is 5.91 Å². The number of benzene rings is 3. The van der Waals surface area contributed by atoms with Gasteiger partial charge in [0.05, 0.1) is 11.8 Å². The zero-order valence-corrected chi connectivity index (χ0v) is 22.3. The zero-order valence-electron chi connectivity index (χ0n) is 22.3. The highest BCUT2D eigenvalue weighted by atomic mass is 16.3. The van der Waals surface area contributed by atoms with Crippen molar-refractivity contribution in [3.05, 3.63) is 101 Å². The largest absolute Gasteiger partial charge is 0.342 e. The van der Waals surface area contributed by atoms with Crippen LogP contribution in [0.3, 0.4) is 0 Å². The predicted octanol–water partition coefficient (Wildman–Crippen LogP) is 5.85. The number of nitrogens with zero attached hydrogens (tertiary/aromatic N) is 2. The molecule has 1 saturated heterocycles. The van der Waals surface area contributed by atoms with Gasteiger partial charge in [-0.1, -0.05) is 84.9 Å². The molecule has 2 bridgehead atoms. The second-order valence-electron chi connectivity index (χ2n) is 11.5. The summed E-state index contributed by atoms with van der Waals surface area (Å²) in [4.78, 5) is 39.4. The van der Waals surface area contributed by atoms with Gasteiger partial charge in [-0.05, 0) is 65.3 Å². The van der Waals surface area contributed by atoms with Crippen molar-refractivity contribution in [2.45, 2.75) is 31.7 Å². The molecule has 200 valence electrons. The standard InChI is InChI=1S/C33H35N3O3/c1-21(27-13-7-11-23-10-5-6-12-29(23)27)34-19-26-20-36(17-16-28(26)22-8-3-2-4-9-22)33(38)31-25-15-14-24(18-25)30(31)32(37)35-39/h2-15,21,24-26,28,30-31,34H,16-20H2,1H3/t21-,24?,25?,26?,28?,30?,31?/m1/s1. The fourth-order valence-corrected chi connectivity index (χ4v) is 7.41. The minimum atomic E-state index is -0.675. The average molecular weight is 522 g/mol. The van der Waals surface area contributed by atoms with Gasteiger partial charge in [0, 0.05) is 30.9 Å². The average Bonchev–Trinajstić information content (AvgIpc) is 3.61. The Morgan fingerprint density at radius 2 is 1.67 bits per heavy atom. The molecule has 1 heterocycles. The van der Waals surface area contributed by atoms with Gasteiger partial charge in [0.2, 0.25) is 5.91 Å². The second kappa shape index (κ2) is 10.9. The first-order chi connectivity index (χ1) is 19.0. The molecular formula is C33H35N3O3. The Balaban J connectivity index is 1.22. The summed E-state index contributed by atoms with van der Waals surface area (Å²) in [5.41, 5.74) is 2.57. The van der Waals surface area contributed by atoms with E-state index in [2.05, 4.69) is 90.2 Å². The fraction of sp³-hybridized carbons (Fsp3) is 0.394. The van der Waals surface area contributed by atoms with Gasteiger partial charge >= 0.3 is 0 Å². The maximum absolute atomic E-state index is 13.9. The normalized spacial score (nSPS) is 28.5. The second-order valence-corrected chi connectivity index (χ2v) is 11.5. The number of fused-ring (bicyclic) bond motifs is 3. The van der Waals surface area contributed by atoms with Crippen molar-refractivity contribution in [1.82, 2.24) is 10.2 Å². The van der Waals surface area contributed by atoms with Crippen molar-refractivity contribution < 1.29 is 9.59 Å². The van der Waals surface area contributed by atoms with E-state index in [1.165, 1.54) is 21.9 Å². The molecule has 3 aromatic carbocycles. The molecule has 3 aromatic rings. The number of nitrogens with one attached hydrogen (secondary N) is 1. The molecule has 6 unspecified atom stereocenters. The van der Waals surface area contributed by atoms with Crippen LogP contribution in [0.1, 0.15) is 42.9 Å². The van der Waals surface area contributed by atoms with Crippen molar-refractivity contribution in [2.75, 3.05) is 19.6 Å². The van der Waals surface area contributed by atoms with Gasteiger partial charge in [-0.25, -0.2) is 0 Å². The summed E-state index contributed by atoms with van der Waals surface area (Å²) >= 11 is 0. The van der Waals surface area contributed by atoms with Crippen molar-refractivity contribution in [3.63, 3.8) is 0 Å². The molecule has 3 aliphatic rings. The lowest BCUT2D eigenvalue weighted by atomic mass is 9.78. The molecule has 2 fully saturated rings. The summed E-state index contributed by atoms with van der Waals surface area (Å²) in [7, 11) is 0. The van der Waals surface area contributed by atoms with Crippen molar-refractivity contribution in [3.8, 4) is 0 Å². The van der Waals surface area contributed by atoms with Crippen molar-refractivity contribution >= 4 is 22.6 Å². The summed E-state index contributed by atoms with van der Waals surface area (Å²) in [5.74, 6) is -1.23. The van der Waals surface area contributed by atoms with E-state index in [1.54, 1.807) is 0 Å². The van der Waals surface area contributed by atoms with E-state index in [0.29, 0.717) is 19.0 Å². The van der Waals surface area contributed by atoms with Crippen LogP contribution in [0.4, 0.5) is 0 Å². The van der Waals surface area contributed by atoms with Crippen molar-refractivity contribution in [1.29, 1.82) is 0 Å². The smallest absolute Gasteiger partial charge is 0.290 e. The molecule has 1 saturated carbocycles. The number of carbonyl (C=O) groups is 2. The maximum Gasteiger partial charge on any atom is 0.290 e. The molecular weight excluding hydrogens is 486 g/mol. The van der Waals surface area contributed by atoms with E-state index in [4.69, 9.17) is 0 Å². The minimum absolute atomic E-state index is 0.00691. The molecule has 6 nitrogen and oxygen atoms in total. The molecule has 6 heteroatoms. The predicted molar refractivity (Wildman–Crippen MR) is 153 cm³/mol. The van der Waals surface area contributed by atoms with Crippen LogP contribution < -0.4 is 5.32 Å². The van der Waals surface area contributed by atoms with E-state index in [1.807, 2.05) is 17.0 Å². The number of amides is 2. The molecule has 0 radical (unpaired) electrons. The lowest BCUT2D eigenvalue weighted by Crippen LogP contribution is -2.50. The van der Waals surface area contributed by atoms with Gasteiger partial charge in [0.1, 0.15) is 0 Å². The first-order valence-corrected chi connectivity index (χ1v) is 14.2. The van der Waals surface area contributed by atoms with Crippen LogP contribution in [0, 0.1) is 34.5 Å². The lowest BCUT2D eigenvalue weighted by Gasteiger charge is -2.41. The van der Waals surface area contributed by atoms with Crippen LogP contribution in [-0.2, 0) is 9.59 Å². The maximum atomic E-state index is 13.9. The fourth-order valence-electron chi connectivity index (χ4n) is 7.41. The Bertz CT molecular complexity index is 1400. The van der Waals surface area contributed by atoms with E-state index >= 15 is 0 Å². The number of allylic oxidation sites excluding steroid dienone is 2. The first-order valence-electron chi connectivity index (χ1n) is 14.2. The molecule has 2 amide bonds. The number of carbonyl (C=O) groups excluding carboxylic acids is 2. The Hall–Kier alpha value is -3.64. The van der Waals surface area contributed by atoms with E-state index in [-0.39, 0.29) is 29.7 Å². The summed E-state index contributed by atoms with van der Waals surface area (Å²) < 4.78 is 0. The molecule has 1 aliphatic heterocycles. The minimum Gasteiger partial charge on any atom is -0.342 e. The van der Waals surface area contributed by atoms with Crippen LogP contribution in [0.2, 0.25) is 0 Å². The van der Waals surface area contributed by atoms with Crippen LogP contribution in [0.5, 0.6) is 0 Å². The number of rotatable bonds is 7. The summed E-state index contributed by atoms with van der Waals surface area (Å²) in [5, 5.41) is 9.01. The highest BCUT2D eigenvalue weighted by molar-refractivity contribution is 5.90. The molecule has 0 spiro atoms. The number of hydrogen-bond acceptors (Lipinski definition) is 4. The number of hydrogen-bond donors (Lipinski definition) is 1. The number of nitroso groups, excluding NO2 is 1. The van der Waals surface area contributed by atoms with Crippen LogP contribution >= 0.6 is 0 Å². The molecule has 1 N–H and O–H groups in total. The highest BCUT2D eigenvalue weighted by Crippen LogP contribution is 2.49. The summed E-state index contributed by atoms with van der Waals surface area (Å²) in [6.07, 6.45) is 5.68. The quantitative estimate of drug-likeness (QED) is 0.312. The SMILES string of the molecule is C[C@@H](NCC1CN(C(=O)C2C3C=CC(C3)C2C(=O)N=O)CCC1c1ccccc1)c1cccc2ccccc12. The zero-order chi connectivity index (χ0) is 26.9. The number of piperidine rings is 1. The van der Waals surface area contributed by atoms with Gasteiger partial charge in [0.15, 0.2) is 0 Å². The molecule has 6 rings (SSSR count). The number of likely N-dealkylation sites (tertiary alicyclic amines) is 1. The monoisotopic (exact) mass is 521 g/mol. The van der Waals surface area contributed by atoms with Gasteiger partial charge in [-0.2, -0.15) is 0 Å². The third-order valence-corrected chi connectivity index (χ3v) is 9.37.